The lowest BCUT2D eigenvalue weighted by Gasteiger charge is -2.26. The number of hydrogen-bond acceptors (Lipinski definition) is 5. The number of carbonyl (C=O) groups is 1. The Kier molecular flexibility index (Phi) is 6.84. The number of carbonyl (C=O) groups excluding carboxylic acids is 1. The monoisotopic (exact) mass is 422 g/mol. The molecule has 0 spiro atoms. The molecule has 1 saturated heterocycles. The minimum atomic E-state index is -0.161. The molecule has 7 heteroatoms. The highest BCUT2D eigenvalue weighted by atomic mass is 16.5. The molecule has 7 nitrogen and oxygen atoms in total. The zero-order valence-electron chi connectivity index (χ0n) is 18.2. The summed E-state index contributed by atoms with van der Waals surface area (Å²) in [6.45, 7) is 7.55. The van der Waals surface area contributed by atoms with Crippen LogP contribution in [0.4, 0.5) is 0 Å². The fraction of sp³-hybridized carbons (Fsp3) is 0.417. The van der Waals surface area contributed by atoms with Crippen LogP contribution in [-0.4, -0.2) is 67.1 Å². The third kappa shape index (κ3) is 4.89. The number of methoxy groups -OCH3 is 1. The summed E-state index contributed by atoms with van der Waals surface area (Å²) in [6.07, 6.45) is 0. The van der Waals surface area contributed by atoms with E-state index in [1.165, 1.54) is 5.56 Å². The fourth-order valence-corrected chi connectivity index (χ4v) is 3.99. The lowest BCUT2D eigenvalue weighted by atomic mass is 10.0. The van der Waals surface area contributed by atoms with E-state index in [1.54, 1.807) is 7.11 Å². The molecule has 1 aromatic heterocycles. The second-order valence-electron chi connectivity index (χ2n) is 7.90. The Morgan fingerprint density at radius 3 is 2.65 bits per heavy atom. The summed E-state index contributed by atoms with van der Waals surface area (Å²) in [5.41, 5.74) is 2.50. The standard InChI is InChI=1S/C24H30N4O3/c1-18(19-7-4-3-5-8-19)17-25-24(29)22-20-9-6-10-21(30-2)23(20)28(26-22)12-11-27-13-15-31-16-14-27/h3-10,18H,11-17H2,1-2H3,(H,25,29)/t18-/m1/s1. The van der Waals surface area contributed by atoms with Crippen LogP contribution in [0, 0.1) is 0 Å². The predicted molar refractivity (Wildman–Crippen MR) is 121 cm³/mol. The van der Waals surface area contributed by atoms with Crippen LogP contribution >= 0.6 is 0 Å². The van der Waals surface area contributed by atoms with E-state index >= 15 is 0 Å². The first-order valence-electron chi connectivity index (χ1n) is 10.8. The van der Waals surface area contributed by atoms with Gasteiger partial charge in [-0.25, -0.2) is 0 Å². The van der Waals surface area contributed by atoms with E-state index < -0.39 is 0 Å². The van der Waals surface area contributed by atoms with E-state index in [0.29, 0.717) is 18.8 Å². The molecular weight excluding hydrogens is 392 g/mol. The van der Waals surface area contributed by atoms with Gasteiger partial charge in [0.1, 0.15) is 11.3 Å². The molecule has 1 amide bonds. The molecule has 4 rings (SSSR count). The van der Waals surface area contributed by atoms with Gasteiger partial charge in [-0.2, -0.15) is 5.10 Å². The van der Waals surface area contributed by atoms with Crippen LogP contribution in [0.2, 0.25) is 0 Å². The molecule has 31 heavy (non-hydrogen) atoms. The van der Waals surface area contributed by atoms with E-state index in [1.807, 2.05) is 41.1 Å². The first kappa shape index (κ1) is 21.3. The predicted octanol–water partition coefficient (Wildman–Crippen LogP) is 2.91. The molecule has 3 aromatic rings. The van der Waals surface area contributed by atoms with Gasteiger partial charge < -0.3 is 14.8 Å². The van der Waals surface area contributed by atoms with Gasteiger partial charge in [-0.15, -0.1) is 0 Å². The van der Waals surface area contributed by atoms with Gasteiger partial charge >= 0.3 is 0 Å². The van der Waals surface area contributed by atoms with E-state index in [-0.39, 0.29) is 11.8 Å². The van der Waals surface area contributed by atoms with Crippen molar-refractivity contribution in [1.82, 2.24) is 20.0 Å². The highest BCUT2D eigenvalue weighted by molar-refractivity contribution is 6.06. The van der Waals surface area contributed by atoms with E-state index in [9.17, 15) is 4.79 Å². The van der Waals surface area contributed by atoms with Gasteiger partial charge in [-0.05, 0) is 17.5 Å². The van der Waals surface area contributed by atoms with Crippen molar-refractivity contribution < 1.29 is 14.3 Å². The third-order valence-corrected chi connectivity index (χ3v) is 5.84. The van der Waals surface area contributed by atoms with Gasteiger partial charge in [0.05, 0.1) is 26.9 Å². The summed E-state index contributed by atoms with van der Waals surface area (Å²) < 4.78 is 12.9. The van der Waals surface area contributed by atoms with Crippen molar-refractivity contribution in [3.8, 4) is 5.75 Å². The molecule has 1 aliphatic heterocycles. The summed E-state index contributed by atoms with van der Waals surface area (Å²) in [7, 11) is 1.65. The average molecular weight is 423 g/mol. The Bertz CT molecular complexity index is 1010. The smallest absolute Gasteiger partial charge is 0.272 e. The zero-order valence-corrected chi connectivity index (χ0v) is 18.2. The molecule has 0 saturated carbocycles. The molecule has 0 bridgehead atoms. The van der Waals surface area contributed by atoms with Gasteiger partial charge in [0, 0.05) is 31.6 Å². The molecule has 0 radical (unpaired) electrons. The van der Waals surface area contributed by atoms with Crippen molar-refractivity contribution in [3.05, 3.63) is 59.8 Å². The van der Waals surface area contributed by atoms with Gasteiger partial charge in [-0.3, -0.25) is 14.4 Å². The fourth-order valence-electron chi connectivity index (χ4n) is 3.99. The molecular formula is C24H30N4O3. The third-order valence-electron chi connectivity index (χ3n) is 5.84. The Labute approximate surface area is 182 Å². The lowest BCUT2D eigenvalue weighted by molar-refractivity contribution is 0.0361. The number of rotatable bonds is 8. The number of benzene rings is 2. The van der Waals surface area contributed by atoms with Crippen molar-refractivity contribution in [1.29, 1.82) is 0 Å². The first-order chi connectivity index (χ1) is 15.2. The Balaban J connectivity index is 1.53. The summed E-state index contributed by atoms with van der Waals surface area (Å²) in [5.74, 6) is 0.782. The van der Waals surface area contributed by atoms with Crippen LogP contribution in [0.15, 0.2) is 48.5 Å². The minimum Gasteiger partial charge on any atom is -0.494 e. The van der Waals surface area contributed by atoms with E-state index in [4.69, 9.17) is 14.6 Å². The summed E-state index contributed by atoms with van der Waals surface area (Å²) in [4.78, 5) is 15.4. The summed E-state index contributed by atoms with van der Waals surface area (Å²) in [5, 5.41) is 8.57. The van der Waals surface area contributed by atoms with Gasteiger partial charge in [0.2, 0.25) is 0 Å². The topological polar surface area (TPSA) is 68.6 Å². The van der Waals surface area contributed by atoms with Crippen molar-refractivity contribution in [2.24, 2.45) is 0 Å². The normalized spacial score (nSPS) is 15.7. The average Bonchev–Trinajstić information content (AvgIpc) is 3.21. The minimum absolute atomic E-state index is 0.161. The van der Waals surface area contributed by atoms with E-state index in [0.717, 1.165) is 49.5 Å². The molecule has 2 aromatic carbocycles. The lowest BCUT2D eigenvalue weighted by Crippen LogP contribution is -2.38. The van der Waals surface area contributed by atoms with Crippen LogP contribution in [0.5, 0.6) is 5.75 Å². The maximum Gasteiger partial charge on any atom is 0.272 e. The Morgan fingerprint density at radius 2 is 1.90 bits per heavy atom. The number of hydrogen-bond donors (Lipinski definition) is 1. The molecule has 164 valence electrons. The summed E-state index contributed by atoms with van der Waals surface area (Å²) >= 11 is 0. The highest BCUT2D eigenvalue weighted by Gasteiger charge is 2.21. The van der Waals surface area contributed by atoms with Crippen molar-refractivity contribution in [2.75, 3.05) is 46.5 Å². The Hall–Kier alpha value is -2.90. The van der Waals surface area contributed by atoms with Crippen molar-refractivity contribution >= 4 is 16.8 Å². The largest absolute Gasteiger partial charge is 0.494 e. The number of aromatic nitrogens is 2. The molecule has 1 fully saturated rings. The second kappa shape index (κ2) is 9.94. The molecule has 0 unspecified atom stereocenters. The number of morpholine rings is 1. The van der Waals surface area contributed by atoms with Crippen molar-refractivity contribution in [3.63, 3.8) is 0 Å². The van der Waals surface area contributed by atoms with Gasteiger partial charge in [0.15, 0.2) is 5.69 Å². The maximum atomic E-state index is 13.1. The maximum absolute atomic E-state index is 13.1. The number of nitrogens with zero attached hydrogens (tertiary/aromatic N) is 3. The Morgan fingerprint density at radius 1 is 1.13 bits per heavy atom. The van der Waals surface area contributed by atoms with Crippen molar-refractivity contribution in [2.45, 2.75) is 19.4 Å². The highest BCUT2D eigenvalue weighted by Crippen LogP contribution is 2.28. The van der Waals surface area contributed by atoms with Crippen LogP contribution in [0.3, 0.4) is 0 Å². The summed E-state index contributed by atoms with van der Waals surface area (Å²) in [6, 6.07) is 15.9. The van der Waals surface area contributed by atoms with Crippen LogP contribution < -0.4 is 10.1 Å². The number of amides is 1. The van der Waals surface area contributed by atoms with Crippen LogP contribution in [0.1, 0.15) is 28.9 Å². The second-order valence-corrected chi connectivity index (χ2v) is 7.90. The van der Waals surface area contributed by atoms with E-state index in [2.05, 4.69) is 29.3 Å². The molecule has 2 heterocycles. The molecule has 0 aliphatic carbocycles. The molecule has 1 atom stereocenters. The molecule has 1 N–H and O–H groups in total. The number of fused-ring (bicyclic) bond motifs is 1. The first-order valence-corrected chi connectivity index (χ1v) is 10.8. The number of para-hydroxylation sites is 1. The van der Waals surface area contributed by atoms with Crippen LogP contribution in [0.25, 0.3) is 10.9 Å². The quantitative estimate of drug-likeness (QED) is 0.605. The van der Waals surface area contributed by atoms with Crippen LogP contribution in [-0.2, 0) is 11.3 Å². The SMILES string of the molecule is COc1cccc2c(C(=O)NC[C@@H](C)c3ccccc3)nn(CCN3CCOCC3)c12. The molecule has 1 aliphatic rings. The number of nitrogens with one attached hydrogen (secondary N) is 1. The zero-order chi connectivity index (χ0) is 21.6. The number of ether oxygens (including phenoxy) is 2. The van der Waals surface area contributed by atoms with Gasteiger partial charge in [0.25, 0.3) is 5.91 Å². The van der Waals surface area contributed by atoms with Gasteiger partial charge in [-0.1, -0.05) is 49.4 Å².